The van der Waals surface area contributed by atoms with Crippen LogP contribution in [0.15, 0.2) is 0 Å². The second kappa shape index (κ2) is 14.5. The molecule has 0 unspecified atom stereocenters. The molecular weight excluding hydrogens is 709 g/mol. The Morgan fingerprint density at radius 1 is 0.368 bits per heavy atom. The van der Waals surface area contributed by atoms with Crippen molar-refractivity contribution in [2.45, 2.75) is 125 Å². The van der Waals surface area contributed by atoms with E-state index in [1.165, 1.54) is 0 Å². The molecule has 3 aromatic heterocycles. The largest absolute Gasteiger partial charge is 0.288 e. The summed E-state index contributed by atoms with van der Waals surface area (Å²) in [5.41, 5.74) is 18.6. The van der Waals surface area contributed by atoms with Gasteiger partial charge in [0.2, 0.25) is 0 Å². The first kappa shape index (κ1) is 40.7. The molecule has 3 heterocycles. The Morgan fingerprint density at radius 2 is 0.596 bits per heavy atom. The summed E-state index contributed by atoms with van der Waals surface area (Å²) in [6.07, 6.45) is 0. The van der Waals surface area contributed by atoms with Crippen LogP contribution in [0.1, 0.15) is 104 Å². The normalized spacial score (nSPS) is 11.5. The number of benzene rings is 3. The summed E-state index contributed by atoms with van der Waals surface area (Å²) in [5.74, 6) is 5.72. The minimum atomic E-state index is 0.291. The molecule has 6 rings (SSSR count). The second-order valence-electron chi connectivity index (χ2n) is 15.7. The van der Waals surface area contributed by atoms with E-state index in [2.05, 4.69) is 113 Å². The van der Waals surface area contributed by atoms with Crippen LogP contribution >= 0.6 is 0 Å². The summed E-state index contributed by atoms with van der Waals surface area (Å²) >= 11 is 0. The van der Waals surface area contributed by atoms with Crippen molar-refractivity contribution in [2.24, 2.45) is 0 Å². The number of nitrogens with zero attached hydrogens (tertiary/aromatic N) is 10. The maximum Gasteiger partial charge on any atom is 0.164 e. The third-order valence-corrected chi connectivity index (χ3v) is 12.4. The number of anilines is 1. The lowest BCUT2D eigenvalue weighted by atomic mass is 9.89. The molecule has 0 bridgehead atoms. The van der Waals surface area contributed by atoms with Crippen molar-refractivity contribution in [3.8, 4) is 45.5 Å². The quantitative estimate of drug-likeness (QED) is 0.126. The van der Waals surface area contributed by atoms with Crippen LogP contribution in [0, 0.1) is 122 Å². The molecule has 12 nitrogen and oxygen atoms in total. The number of rotatable bonds is 6. The van der Waals surface area contributed by atoms with Crippen molar-refractivity contribution in [3.05, 3.63) is 90.1 Å². The van der Waals surface area contributed by atoms with Gasteiger partial charge in [-0.25, -0.2) is 15.0 Å². The highest BCUT2D eigenvalue weighted by Crippen LogP contribution is 2.42. The summed E-state index contributed by atoms with van der Waals surface area (Å²) in [6, 6.07) is 0. The van der Waals surface area contributed by atoms with Crippen molar-refractivity contribution in [1.82, 2.24) is 44.5 Å². The van der Waals surface area contributed by atoms with Gasteiger partial charge in [-0.05, 0) is 191 Å². The van der Waals surface area contributed by atoms with Crippen molar-refractivity contribution in [1.29, 1.82) is 10.8 Å². The van der Waals surface area contributed by atoms with Gasteiger partial charge in [0.05, 0.1) is 17.1 Å². The Bertz CT molecular complexity index is 2430. The lowest BCUT2D eigenvalue weighted by molar-refractivity contribution is 0.910. The molecule has 0 saturated heterocycles. The topological polar surface area (TPSA) is 151 Å². The van der Waals surface area contributed by atoms with Gasteiger partial charge in [-0.2, -0.15) is 0 Å². The average Bonchev–Trinajstić information content (AvgIpc) is 3.65. The summed E-state index contributed by atoms with van der Waals surface area (Å²) in [7, 11) is 0. The van der Waals surface area contributed by atoms with Crippen molar-refractivity contribution in [3.63, 3.8) is 0 Å². The standard InChI is InChI=1S/C45H56N12/c1-19-25(7)40(55(31(13)46)32(14)47)26(8)20(2)37(19)43-48-44(38-21(3)27(9)41(28(10)22(38)4)56-33(15)51-52-34(56)16)50-45(49-43)39-23(5)29(11)42(30(12)24(39)6)57-35(17)53-54-36(57)18/h46-47H,1-18H3. The maximum absolute atomic E-state index is 8.57. The van der Waals surface area contributed by atoms with E-state index in [1.54, 1.807) is 18.7 Å². The van der Waals surface area contributed by atoms with E-state index in [0.717, 1.165) is 124 Å². The van der Waals surface area contributed by atoms with Gasteiger partial charge in [-0.1, -0.05) is 0 Å². The van der Waals surface area contributed by atoms with Crippen LogP contribution in [0.4, 0.5) is 5.69 Å². The predicted octanol–water partition coefficient (Wildman–Crippen LogP) is 9.77. The molecule has 3 aromatic carbocycles. The Hall–Kier alpha value is -5.91. The highest BCUT2D eigenvalue weighted by molar-refractivity contribution is 6.16. The van der Waals surface area contributed by atoms with E-state index in [9.17, 15) is 0 Å². The molecule has 6 aromatic rings. The van der Waals surface area contributed by atoms with E-state index < -0.39 is 0 Å². The fraction of sp³-hybridized carbons (Fsp3) is 0.400. The van der Waals surface area contributed by atoms with Crippen LogP contribution in [0.5, 0.6) is 0 Å². The molecule has 12 heteroatoms. The molecule has 57 heavy (non-hydrogen) atoms. The van der Waals surface area contributed by atoms with Crippen LogP contribution in [0.2, 0.25) is 0 Å². The van der Waals surface area contributed by atoms with E-state index in [0.29, 0.717) is 29.1 Å². The molecule has 296 valence electrons. The van der Waals surface area contributed by atoms with Crippen LogP contribution < -0.4 is 4.90 Å². The molecule has 0 aliphatic rings. The molecular formula is C45H56N12. The highest BCUT2D eigenvalue weighted by atomic mass is 15.3. The van der Waals surface area contributed by atoms with Gasteiger partial charge in [-0.15, -0.1) is 20.4 Å². The molecule has 2 N–H and O–H groups in total. The Kier molecular flexibility index (Phi) is 10.4. The Morgan fingerprint density at radius 3 is 0.825 bits per heavy atom. The van der Waals surface area contributed by atoms with Crippen LogP contribution in [-0.4, -0.2) is 56.2 Å². The van der Waals surface area contributed by atoms with Crippen LogP contribution in [0.25, 0.3) is 45.5 Å². The molecule has 0 aliphatic carbocycles. The molecule has 0 amide bonds. The monoisotopic (exact) mass is 764 g/mol. The molecule has 0 fully saturated rings. The highest BCUT2D eigenvalue weighted by Gasteiger charge is 2.28. The van der Waals surface area contributed by atoms with Gasteiger partial charge in [0, 0.05) is 16.7 Å². The fourth-order valence-electron chi connectivity index (χ4n) is 8.77. The second-order valence-corrected chi connectivity index (χ2v) is 15.7. The molecule has 0 atom stereocenters. The number of aryl methyl sites for hydroxylation is 4. The number of nitrogens with one attached hydrogen (secondary N) is 2. The zero-order valence-electron chi connectivity index (χ0n) is 37.0. The number of hydrogen-bond donors (Lipinski definition) is 2. The number of aromatic nitrogens is 9. The molecule has 0 aliphatic heterocycles. The summed E-state index contributed by atoms with van der Waals surface area (Å²) in [4.78, 5) is 17.9. The zero-order chi connectivity index (χ0) is 42.3. The minimum Gasteiger partial charge on any atom is -0.288 e. The first-order valence-corrected chi connectivity index (χ1v) is 19.4. The Labute approximate surface area is 336 Å². The van der Waals surface area contributed by atoms with E-state index in [4.69, 9.17) is 25.8 Å². The van der Waals surface area contributed by atoms with Crippen molar-refractivity contribution >= 4 is 17.4 Å². The van der Waals surface area contributed by atoms with Gasteiger partial charge in [-0.3, -0.25) is 24.9 Å². The van der Waals surface area contributed by atoms with Gasteiger partial charge < -0.3 is 0 Å². The number of hydrogen-bond acceptors (Lipinski definition) is 9. The third-order valence-electron chi connectivity index (χ3n) is 12.4. The van der Waals surface area contributed by atoms with Gasteiger partial charge in [0.1, 0.15) is 35.0 Å². The van der Waals surface area contributed by atoms with Crippen molar-refractivity contribution < 1.29 is 0 Å². The fourth-order valence-corrected chi connectivity index (χ4v) is 8.77. The van der Waals surface area contributed by atoms with Gasteiger partial charge in [0.15, 0.2) is 17.5 Å². The van der Waals surface area contributed by atoms with E-state index >= 15 is 0 Å². The molecule has 0 saturated carbocycles. The first-order valence-electron chi connectivity index (χ1n) is 19.4. The summed E-state index contributed by atoms with van der Waals surface area (Å²) in [6.45, 7) is 36.9. The van der Waals surface area contributed by atoms with Gasteiger partial charge >= 0.3 is 0 Å². The lowest BCUT2D eigenvalue weighted by Gasteiger charge is -2.29. The summed E-state index contributed by atoms with van der Waals surface area (Å²) in [5, 5.41) is 34.7. The smallest absolute Gasteiger partial charge is 0.164 e. The third kappa shape index (κ3) is 6.25. The van der Waals surface area contributed by atoms with Crippen molar-refractivity contribution in [2.75, 3.05) is 4.90 Å². The minimum absolute atomic E-state index is 0.291. The van der Waals surface area contributed by atoms with E-state index in [-0.39, 0.29) is 0 Å². The number of amidine groups is 2. The maximum atomic E-state index is 8.57. The van der Waals surface area contributed by atoms with Gasteiger partial charge in [0.25, 0.3) is 0 Å². The first-order chi connectivity index (χ1) is 26.6. The van der Waals surface area contributed by atoms with Crippen LogP contribution in [-0.2, 0) is 0 Å². The molecule has 0 spiro atoms. The average molecular weight is 765 g/mol. The Balaban J connectivity index is 1.74. The SMILES string of the molecule is CC(=N)N(C(C)=N)c1c(C)c(C)c(-c2nc(-c3c(C)c(C)c(-n4c(C)nnc4C)c(C)c3C)nc(-c3c(C)c(C)c(-n4c(C)nnc4C)c(C)c3C)n2)c(C)c1C. The molecule has 0 radical (unpaired) electrons. The van der Waals surface area contributed by atoms with E-state index in [1.807, 2.05) is 27.7 Å². The lowest BCUT2D eigenvalue weighted by Crippen LogP contribution is -2.34. The summed E-state index contributed by atoms with van der Waals surface area (Å²) < 4.78 is 4.26. The van der Waals surface area contributed by atoms with Crippen LogP contribution in [0.3, 0.4) is 0 Å². The predicted molar refractivity (Wildman–Crippen MR) is 231 cm³/mol. The zero-order valence-corrected chi connectivity index (χ0v) is 37.0.